The van der Waals surface area contributed by atoms with E-state index in [1.807, 2.05) is 0 Å². The summed E-state index contributed by atoms with van der Waals surface area (Å²) < 4.78 is 5.00. The minimum absolute atomic E-state index is 0.902. The Labute approximate surface area is 95.2 Å². The van der Waals surface area contributed by atoms with Crippen LogP contribution in [0.2, 0.25) is 0 Å². The fourth-order valence-electron chi connectivity index (χ4n) is 1.58. The number of ether oxygens (including phenoxy) is 1. The van der Waals surface area contributed by atoms with Gasteiger partial charge in [-0.1, -0.05) is 13.8 Å². The van der Waals surface area contributed by atoms with E-state index in [9.17, 15) is 0 Å². The predicted octanol–water partition coefficient (Wildman–Crippen LogP) is 1.73. The first-order valence-corrected chi connectivity index (χ1v) is 6.27. The van der Waals surface area contributed by atoms with Gasteiger partial charge in [-0.2, -0.15) is 0 Å². The molecule has 0 aliphatic heterocycles. The largest absolute Gasteiger partial charge is 0.385 e. The van der Waals surface area contributed by atoms with Crippen LogP contribution in [0.3, 0.4) is 0 Å². The zero-order chi connectivity index (χ0) is 11.4. The Morgan fingerprint density at radius 2 is 1.73 bits per heavy atom. The molecule has 0 atom stereocenters. The van der Waals surface area contributed by atoms with Gasteiger partial charge in [0, 0.05) is 26.8 Å². The molecule has 15 heavy (non-hydrogen) atoms. The van der Waals surface area contributed by atoms with Crippen LogP contribution in [0.4, 0.5) is 0 Å². The summed E-state index contributed by atoms with van der Waals surface area (Å²) in [5.74, 6) is 0. The lowest BCUT2D eigenvalue weighted by Gasteiger charge is -2.17. The van der Waals surface area contributed by atoms with Gasteiger partial charge in [0.1, 0.15) is 0 Å². The zero-order valence-corrected chi connectivity index (χ0v) is 10.7. The van der Waals surface area contributed by atoms with E-state index in [1.54, 1.807) is 7.11 Å². The summed E-state index contributed by atoms with van der Waals surface area (Å²) in [6, 6.07) is 0. The Bertz CT molecular complexity index is 116. The second kappa shape index (κ2) is 12.0. The second-order valence-electron chi connectivity index (χ2n) is 3.83. The highest BCUT2D eigenvalue weighted by Gasteiger charge is 1.96. The van der Waals surface area contributed by atoms with Crippen molar-refractivity contribution in [3.05, 3.63) is 0 Å². The summed E-state index contributed by atoms with van der Waals surface area (Å²) in [4.78, 5) is 2.44. The standard InChI is InChI=1S/C12H28N2O/c1-4-14(5-2)11-10-13-9-7-6-8-12-15-3/h13H,4-12H2,1-3H3. The fourth-order valence-corrected chi connectivity index (χ4v) is 1.58. The quantitative estimate of drug-likeness (QED) is 0.532. The number of methoxy groups -OCH3 is 1. The molecular weight excluding hydrogens is 188 g/mol. The number of unbranched alkanes of at least 4 members (excludes halogenated alkanes) is 2. The van der Waals surface area contributed by atoms with E-state index in [0.717, 1.165) is 32.8 Å². The van der Waals surface area contributed by atoms with Crippen molar-refractivity contribution in [3.8, 4) is 0 Å². The molecule has 92 valence electrons. The van der Waals surface area contributed by atoms with Crippen LogP contribution in [0.5, 0.6) is 0 Å². The summed E-state index contributed by atoms with van der Waals surface area (Å²) in [5.41, 5.74) is 0. The zero-order valence-electron chi connectivity index (χ0n) is 10.7. The highest BCUT2D eigenvalue weighted by Crippen LogP contribution is 1.93. The Hall–Kier alpha value is -0.120. The van der Waals surface area contributed by atoms with Gasteiger partial charge in [-0.25, -0.2) is 0 Å². The van der Waals surface area contributed by atoms with Gasteiger partial charge in [0.05, 0.1) is 0 Å². The molecule has 3 heteroatoms. The SMILES string of the molecule is CCN(CC)CCNCCCCCOC. The molecule has 0 fully saturated rings. The third kappa shape index (κ3) is 10.2. The van der Waals surface area contributed by atoms with E-state index in [-0.39, 0.29) is 0 Å². The molecule has 0 heterocycles. The van der Waals surface area contributed by atoms with Crippen molar-refractivity contribution >= 4 is 0 Å². The number of hydrogen-bond donors (Lipinski definition) is 1. The van der Waals surface area contributed by atoms with Crippen LogP contribution in [0.25, 0.3) is 0 Å². The number of likely N-dealkylation sites (N-methyl/N-ethyl adjacent to an activating group) is 1. The summed E-state index contributed by atoms with van der Waals surface area (Å²) in [6.07, 6.45) is 3.72. The summed E-state index contributed by atoms with van der Waals surface area (Å²) in [5, 5.41) is 3.48. The molecule has 0 saturated carbocycles. The molecule has 0 spiro atoms. The number of nitrogens with one attached hydrogen (secondary N) is 1. The lowest BCUT2D eigenvalue weighted by molar-refractivity contribution is 0.192. The average molecular weight is 216 g/mol. The Morgan fingerprint density at radius 3 is 2.33 bits per heavy atom. The monoisotopic (exact) mass is 216 g/mol. The first kappa shape index (κ1) is 14.9. The van der Waals surface area contributed by atoms with Crippen LogP contribution in [-0.2, 0) is 4.74 Å². The van der Waals surface area contributed by atoms with E-state index >= 15 is 0 Å². The molecule has 0 radical (unpaired) electrons. The van der Waals surface area contributed by atoms with Crippen LogP contribution in [0.15, 0.2) is 0 Å². The van der Waals surface area contributed by atoms with Gasteiger partial charge in [0.15, 0.2) is 0 Å². The van der Waals surface area contributed by atoms with E-state index in [4.69, 9.17) is 4.74 Å². The van der Waals surface area contributed by atoms with Gasteiger partial charge in [-0.15, -0.1) is 0 Å². The van der Waals surface area contributed by atoms with E-state index in [1.165, 1.54) is 25.8 Å². The average Bonchev–Trinajstić information content (AvgIpc) is 2.27. The van der Waals surface area contributed by atoms with Crippen LogP contribution >= 0.6 is 0 Å². The van der Waals surface area contributed by atoms with E-state index in [2.05, 4.69) is 24.1 Å². The normalized spacial score (nSPS) is 11.2. The topological polar surface area (TPSA) is 24.5 Å². The van der Waals surface area contributed by atoms with Crippen molar-refractivity contribution in [1.29, 1.82) is 0 Å². The molecule has 0 aliphatic rings. The lowest BCUT2D eigenvalue weighted by atomic mass is 10.2. The molecular formula is C12H28N2O. The van der Waals surface area contributed by atoms with Crippen molar-refractivity contribution in [3.63, 3.8) is 0 Å². The maximum Gasteiger partial charge on any atom is 0.0462 e. The van der Waals surface area contributed by atoms with Gasteiger partial charge in [-0.3, -0.25) is 0 Å². The van der Waals surface area contributed by atoms with Crippen molar-refractivity contribution in [2.24, 2.45) is 0 Å². The molecule has 0 aromatic carbocycles. The molecule has 0 saturated heterocycles. The number of nitrogens with zero attached hydrogens (tertiary/aromatic N) is 1. The molecule has 1 N–H and O–H groups in total. The van der Waals surface area contributed by atoms with Gasteiger partial charge in [0.2, 0.25) is 0 Å². The van der Waals surface area contributed by atoms with Crippen LogP contribution in [-0.4, -0.2) is 51.3 Å². The smallest absolute Gasteiger partial charge is 0.0462 e. The highest BCUT2D eigenvalue weighted by atomic mass is 16.5. The Morgan fingerprint density at radius 1 is 1.00 bits per heavy atom. The van der Waals surface area contributed by atoms with Crippen LogP contribution < -0.4 is 5.32 Å². The number of hydrogen-bond acceptors (Lipinski definition) is 3. The summed E-state index contributed by atoms with van der Waals surface area (Å²) in [6.45, 7) is 11.1. The Balaban J connectivity index is 3.04. The molecule has 0 bridgehead atoms. The highest BCUT2D eigenvalue weighted by molar-refractivity contribution is 4.55. The third-order valence-corrected chi connectivity index (χ3v) is 2.70. The summed E-state index contributed by atoms with van der Waals surface area (Å²) >= 11 is 0. The van der Waals surface area contributed by atoms with Gasteiger partial charge < -0.3 is 15.0 Å². The van der Waals surface area contributed by atoms with E-state index in [0.29, 0.717) is 0 Å². The van der Waals surface area contributed by atoms with Crippen molar-refractivity contribution in [1.82, 2.24) is 10.2 Å². The van der Waals surface area contributed by atoms with Crippen LogP contribution in [0.1, 0.15) is 33.1 Å². The maximum absolute atomic E-state index is 5.00. The predicted molar refractivity (Wildman–Crippen MR) is 66.4 cm³/mol. The van der Waals surface area contributed by atoms with Gasteiger partial charge in [-0.05, 0) is 38.9 Å². The minimum atomic E-state index is 0.902. The first-order valence-electron chi connectivity index (χ1n) is 6.27. The van der Waals surface area contributed by atoms with Crippen molar-refractivity contribution in [2.75, 3.05) is 46.4 Å². The molecule has 0 rings (SSSR count). The van der Waals surface area contributed by atoms with Crippen molar-refractivity contribution in [2.45, 2.75) is 33.1 Å². The van der Waals surface area contributed by atoms with Crippen molar-refractivity contribution < 1.29 is 4.74 Å². The van der Waals surface area contributed by atoms with Gasteiger partial charge >= 0.3 is 0 Å². The molecule has 0 aromatic heterocycles. The minimum Gasteiger partial charge on any atom is -0.385 e. The molecule has 0 unspecified atom stereocenters. The molecule has 0 aromatic rings. The summed E-state index contributed by atoms with van der Waals surface area (Å²) in [7, 11) is 1.77. The lowest BCUT2D eigenvalue weighted by Crippen LogP contribution is -2.32. The maximum atomic E-state index is 5.00. The number of rotatable bonds is 11. The molecule has 0 amide bonds. The first-order chi connectivity index (χ1) is 7.35. The van der Waals surface area contributed by atoms with E-state index < -0.39 is 0 Å². The van der Waals surface area contributed by atoms with Gasteiger partial charge in [0.25, 0.3) is 0 Å². The van der Waals surface area contributed by atoms with Crippen LogP contribution in [0, 0.1) is 0 Å². The molecule has 0 aliphatic carbocycles. The molecule has 3 nitrogen and oxygen atoms in total. The Kier molecular flexibility index (Phi) is 11.9. The second-order valence-corrected chi connectivity index (χ2v) is 3.83. The fraction of sp³-hybridized carbons (Fsp3) is 1.00. The third-order valence-electron chi connectivity index (χ3n) is 2.70.